The Labute approximate surface area is 148 Å². The number of hydrogen-bond acceptors (Lipinski definition) is 5. The first-order valence-electron chi connectivity index (χ1n) is 8.07. The van der Waals surface area contributed by atoms with Gasteiger partial charge in [-0.1, -0.05) is 0 Å². The van der Waals surface area contributed by atoms with Gasteiger partial charge in [-0.05, 0) is 32.4 Å². The van der Waals surface area contributed by atoms with Crippen molar-refractivity contribution in [3.63, 3.8) is 0 Å². The molecule has 1 N–H and O–H groups in total. The van der Waals surface area contributed by atoms with E-state index in [-0.39, 0.29) is 30.1 Å². The molecule has 0 unspecified atom stereocenters. The predicted octanol–water partition coefficient (Wildman–Crippen LogP) is 3.20. The Bertz CT molecular complexity index is 681. The van der Waals surface area contributed by atoms with Crippen molar-refractivity contribution in [3.05, 3.63) is 28.3 Å². The number of piperidine rings is 1. The molecule has 0 aliphatic carbocycles. The number of carbonyl (C=O) groups excluding carboxylic acids is 1. The van der Waals surface area contributed by atoms with E-state index in [1.807, 2.05) is 0 Å². The van der Waals surface area contributed by atoms with E-state index in [9.17, 15) is 28.1 Å². The quantitative estimate of drug-likeness (QED) is 0.631. The van der Waals surface area contributed by atoms with Gasteiger partial charge in [0.15, 0.2) is 0 Å². The lowest BCUT2D eigenvalue weighted by Crippen LogP contribution is -2.49. The second kappa shape index (κ2) is 7.90. The van der Waals surface area contributed by atoms with Crippen molar-refractivity contribution >= 4 is 17.3 Å². The SMILES string of the molecule is COc1ccc([N+](=O)[O-])cc1NC(=O)[C@H](C)N1CCC[C@H](C(F)(F)F)C1. The summed E-state index contributed by atoms with van der Waals surface area (Å²) in [5.74, 6) is -1.78. The molecule has 0 aromatic heterocycles. The van der Waals surface area contributed by atoms with Crippen LogP contribution in [0.2, 0.25) is 0 Å². The van der Waals surface area contributed by atoms with Crippen molar-refractivity contribution in [2.24, 2.45) is 5.92 Å². The number of non-ortho nitro benzene ring substituents is 1. The Balaban J connectivity index is 2.11. The minimum atomic E-state index is -4.29. The smallest absolute Gasteiger partial charge is 0.393 e. The van der Waals surface area contributed by atoms with Gasteiger partial charge in [0.05, 0.1) is 29.7 Å². The van der Waals surface area contributed by atoms with Gasteiger partial charge in [0.1, 0.15) is 5.75 Å². The fourth-order valence-electron chi connectivity index (χ4n) is 2.94. The Kier molecular flexibility index (Phi) is 6.06. The molecule has 0 radical (unpaired) electrons. The monoisotopic (exact) mass is 375 g/mol. The van der Waals surface area contributed by atoms with Crippen LogP contribution in [0.4, 0.5) is 24.5 Å². The van der Waals surface area contributed by atoms with E-state index in [0.717, 1.165) is 6.07 Å². The van der Waals surface area contributed by atoms with E-state index in [1.165, 1.54) is 31.1 Å². The average Bonchev–Trinajstić information content (AvgIpc) is 2.60. The molecule has 1 aliphatic heterocycles. The van der Waals surface area contributed by atoms with Crippen molar-refractivity contribution in [3.8, 4) is 5.75 Å². The number of benzene rings is 1. The third-order valence-electron chi connectivity index (χ3n) is 4.49. The van der Waals surface area contributed by atoms with Crippen LogP contribution in [0.1, 0.15) is 19.8 Å². The maximum Gasteiger partial charge on any atom is 0.393 e. The Morgan fingerprint density at radius 3 is 2.73 bits per heavy atom. The number of alkyl halides is 3. The number of methoxy groups -OCH3 is 1. The number of rotatable bonds is 5. The van der Waals surface area contributed by atoms with Crippen LogP contribution in [-0.2, 0) is 4.79 Å². The molecule has 144 valence electrons. The molecular weight excluding hydrogens is 355 g/mol. The lowest BCUT2D eigenvalue weighted by Gasteiger charge is -2.36. The first-order valence-corrected chi connectivity index (χ1v) is 8.07. The van der Waals surface area contributed by atoms with Gasteiger partial charge in [0, 0.05) is 18.7 Å². The minimum absolute atomic E-state index is 0.0487. The first-order chi connectivity index (χ1) is 12.1. The molecule has 0 spiro atoms. The maximum atomic E-state index is 12.9. The highest BCUT2D eigenvalue weighted by molar-refractivity contribution is 5.96. The molecule has 1 aromatic rings. The number of ether oxygens (including phenoxy) is 1. The zero-order valence-corrected chi connectivity index (χ0v) is 14.4. The second-order valence-electron chi connectivity index (χ2n) is 6.18. The predicted molar refractivity (Wildman–Crippen MR) is 88.1 cm³/mol. The van der Waals surface area contributed by atoms with Crippen LogP contribution in [0.15, 0.2) is 18.2 Å². The van der Waals surface area contributed by atoms with Crippen LogP contribution in [0, 0.1) is 16.0 Å². The van der Waals surface area contributed by atoms with Gasteiger partial charge in [-0.3, -0.25) is 19.8 Å². The van der Waals surface area contributed by atoms with E-state index >= 15 is 0 Å². The minimum Gasteiger partial charge on any atom is -0.495 e. The van der Waals surface area contributed by atoms with E-state index < -0.39 is 29.0 Å². The van der Waals surface area contributed by atoms with Crippen LogP contribution in [-0.4, -0.2) is 48.1 Å². The molecule has 10 heteroatoms. The van der Waals surface area contributed by atoms with Gasteiger partial charge in [-0.2, -0.15) is 13.2 Å². The molecule has 1 fully saturated rings. The molecule has 0 bridgehead atoms. The number of anilines is 1. The number of nitro benzene ring substituents is 1. The first kappa shape index (κ1) is 20.0. The highest BCUT2D eigenvalue weighted by Gasteiger charge is 2.43. The summed E-state index contributed by atoms with van der Waals surface area (Å²) >= 11 is 0. The highest BCUT2D eigenvalue weighted by Crippen LogP contribution is 2.34. The number of carbonyl (C=O) groups is 1. The van der Waals surface area contributed by atoms with Crippen LogP contribution in [0.3, 0.4) is 0 Å². The summed E-state index contributed by atoms with van der Waals surface area (Å²) in [7, 11) is 1.35. The lowest BCUT2D eigenvalue weighted by atomic mass is 9.96. The summed E-state index contributed by atoms with van der Waals surface area (Å²) in [5.41, 5.74) is -0.133. The molecule has 1 aromatic carbocycles. The van der Waals surface area contributed by atoms with Gasteiger partial charge in [-0.15, -0.1) is 0 Å². The number of amides is 1. The van der Waals surface area contributed by atoms with Crippen LogP contribution in [0.5, 0.6) is 5.75 Å². The zero-order chi connectivity index (χ0) is 19.5. The summed E-state index contributed by atoms with van der Waals surface area (Å²) in [4.78, 5) is 24.2. The molecule has 0 saturated carbocycles. The fraction of sp³-hybridized carbons (Fsp3) is 0.562. The van der Waals surface area contributed by atoms with Crippen molar-refractivity contribution in [2.45, 2.75) is 32.0 Å². The zero-order valence-electron chi connectivity index (χ0n) is 14.4. The number of hydrogen-bond donors (Lipinski definition) is 1. The van der Waals surface area contributed by atoms with E-state index in [4.69, 9.17) is 4.74 Å². The molecule has 7 nitrogen and oxygen atoms in total. The van der Waals surface area contributed by atoms with Gasteiger partial charge in [-0.25, -0.2) is 0 Å². The molecule has 26 heavy (non-hydrogen) atoms. The van der Waals surface area contributed by atoms with Gasteiger partial charge in [0.25, 0.3) is 5.69 Å². The summed E-state index contributed by atoms with van der Waals surface area (Å²) < 4.78 is 43.9. The Morgan fingerprint density at radius 2 is 2.15 bits per heavy atom. The molecule has 2 atom stereocenters. The van der Waals surface area contributed by atoms with Crippen LogP contribution in [0.25, 0.3) is 0 Å². The molecule has 1 saturated heterocycles. The second-order valence-corrected chi connectivity index (χ2v) is 6.18. The molecule has 2 rings (SSSR count). The van der Waals surface area contributed by atoms with Gasteiger partial charge in [0.2, 0.25) is 5.91 Å². The number of nitrogens with one attached hydrogen (secondary N) is 1. The number of halogens is 3. The summed E-state index contributed by atoms with van der Waals surface area (Å²) in [6, 6.07) is 2.91. The normalized spacial score (nSPS) is 19.7. The average molecular weight is 375 g/mol. The van der Waals surface area contributed by atoms with Crippen LogP contribution >= 0.6 is 0 Å². The summed E-state index contributed by atoms with van der Waals surface area (Å²) in [6.45, 7) is 1.65. The molecule has 1 heterocycles. The third-order valence-corrected chi connectivity index (χ3v) is 4.49. The Hall–Kier alpha value is -2.36. The van der Waals surface area contributed by atoms with Crippen molar-refractivity contribution in [1.29, 1.82) is 0 Å². The van der Waals surface area contributed by atoms with E-state index in [1.54, 1.807) is 0 Å². The van der Waals surface area contributed by atoms with Crippen molar-refractivity contribution in [1.82, 2.24) is 4.90 Å². The van der Waals surface area contributed by atoms with Crippen LogP contribution < -0.4 is 10.1 Å². The number of nitro groups is 1. The largest absolute Gasteiger partial charge is 0.495 e. The molecule has 1 aliphatic rings. The topological polar surface area (TPSA) is 84.7 Å². The Morgan fingerprint density at radius 1 is 1.46 bits per heavy atom. The van der Waals surface area contributed by atoms with Gasteiger partial charge < -0.3 is 10.1 Å². The third kappa shape index (κ3) is 4.63. The number of nitrogens with zero attached hydrogens (tertiary/aromatic N) is 2. The molecule has 1 amide bonds. The lowest BCUT2D eigenvalue weighted by molar-refractivity contribution is -0.384. The molecular formula is C16H20F3N3O4. The number of likely N-dealkylation sites (tertiary alicyclic amines) is 1. The van der Waals surface area contributed by atoms with Crippen molar-refractivity contribution in [2.75, 3.05) is 25.5 Å². The fourth-order valence-corrected chi connectivity index (χ4v) is 2.94. The standard InChI is InChI=1S/C16H20F3N3O4/c1-10(21-7-3-4-11(9-21)16(17,18)19)15(23)20-13-8-12(22(24)25)5-6-14(13)26-2/h5-6,8,10-11H,3-4,7,9H2,1-2H3,(H,20,23)/t10-,11-/m0/s1. The van der Waals surface area contributed by atoms with Gasteiger partial charge >= 0.3 is 6.18 Å². The maximum absolute atomic E-state index is 12.9. The van der Waals surface area contributed by atoms with E-state index in [2.05, 4.69) is 5.32 Å². The van der Waals surface area contributed by atoms with Crippen molar-refractivity contribution < 1.29 is 27.6 Å². The summed E-state index contributed by atoms with van der Waals surface area (Å²) in [5, 5.41) is 13.4. The highest BCUT2D eigenvalue weighted by atomic mass is 19.4. The summed E-state index contributed by atoms with van der Waals surface area (Å²) in [6.07, 6.45) is -3.90. The van der Waals surface area contributed by atoms with E-state index in [0.29, 0.717) is 13.0 Å².